The van der Waals surface area contributed by atoms with Crippen LogP contribution in [-0.2, 0) is 6.54 Å². The second kappa shape index (κ2) is 6.83. The maximum absolute atomic E-state index is 6.02. The summed E-state index contributed by atoms with van der Waals surface area (Å²) in [5, 5.41) is 4.05. The van der Waals surface area contributed by atoms with Crippen molar-refractivity contribution in [3.63, 3.8) is 0 Å². The number of halogens is 2. The number of hydrogen-bond donors (Lipinski definition) is 1. The van der Waals surface area contributed by atoms with Gasteiger partial charge in [0.15, 0.2) is 0 Å². The van der Waals surface area contributed by atoms with E-state index < -0.39 is 0 Å². The average molecular weight is 341 g/mol. The molecule has 0 atom stereocenters. The molecule has 0 amide bonds. The van der Waals surface area contributed by atoms with Crippen molar-refractivity contribution in [3.05, 3.63) is 57.5 Å². The van der Waals surface area contributed by atoms with Crippen molar-refractivity contribution in [1.82, 2.24) is 0 Å². The molecule has 0 saturated heterocycles. The highest BCUT2D eigenvalue weighted by molar-refractivity contribution is 9.10. The van der Waals surface area contributed by atoms with Gasteiger partial charge in [-0.2, -0.15) is 0 Å². The Kier molecular flexibility index (Phi) is 5.11. The standard InChI is InChI=1S/C15H15BrClNO/c1-2-19-15-8-7-13(17)9-14(15)18-10-11-3-5-12(16)6-4-11/h3-9,18H,2,10H2,1H3. The van der Waals surface area contributed by atoms with Crippen LogP contribution in [0.4, 0.5) is 5.69 Å². The van der Waals surface area contributed by atoms with E-state index in [1.807, 2.05) is 37.3 Å². The van der Waals surface area contributed by atoms with Gasteiger partial charge in [0.1, 0.15) is 5.75 Å². The SMILES string of the molecule is CCOc1ccc(Cl)cc1NCc1ccc(Br)cc1. The zero-order valence-corrected chi connectivity index (χ0v) is 13.0. The van der Waals surface area contributed by atoms with Crippen LogP contribution in [0.25, 0.3) is 0 Å². The highest BCUT2D eigenvalue weighted by atomic mass is 79.9. The minimum absolute atomic E-state index is 0.634. The van der Waals surface area contributed by atoms with Gasteiger partial charge in [0, 0.05) is 16.0 Å². The largest absolute Gasteiger partial charge is 0.492 e. The minimum Gasteiger partial charge on any atom is -0.492 e. The summed E-state index contributed by atoms with van der Waals surface area (Å²) < 4.78 is 6.65. The molecule has 2 aromatic carbocycles. The molecule has 0 aliphatic heterocycles. The first kappa shape index (κ1) is 14.2. The summed E-state index contributed by atoms with van der Waals surface area (Å²) in [5.74, 6) is 0.823. The topological polar surface area (TPSA) is 21.3 Å². The van der Waals surface area contributed by atoms with Crippen molar-refractivity contribution in [2.24, 2.45) is 0 Å². The lowest BCUT2D eigenvalue weighted by Gasteiger charge is -2.13. The van der Waals surface area contributed by atoms with E-state index in [0.29, 0.717) is 11.6 Å². The van der Waals surface area contributed by atoms with E-state index in [9.17, 15) is 0 Å². The second-order valence-corrected chi connectivity index (χ2v) is 5.41. The molecule has 0 fully saturated rings. The van der Waals surface area contributed by atoms with Crippen molar-refractivity contribution in [2.75, 3.05) is 11.9 Å². The summed E-state index contributed by atoms with van der Waals surface area (Å²) >= 11 is 9.44. The Morgan fingerprint density at radius 1 is 1.16 bits per heavy atom. The first-order valence-corrected chi connectivity index (χ1v) is 7.27. The van der Waals surface area contributed by atoms with E-state index in [1.54, 1.807) is 0 Å². The molecule has 2 aromatic rings. The molecule has 0 aromatic heterocycles. The summed E-state index contributed by atoms with van der Waals surface area (Å²) in [4.78, 5) is 0. The average Bonchev–Trinajstić information content (AvgIpc) is 2.41. The van der Waals surface area contributed by atoms with Crippen LogP contribution in [-0.4, -0.2) is 6.61 Å². The van der Waals surface area contributed by atoms with Crippen LogP contribution in [0, 0.1) is 0 Å². The smallest absolute Gasteiger partial charge is 0.142 e. The van der Waals surface area contributed by atoms with Crippen molar-refractivity contribution in [3.8, 4) is 5.75 Å². The molecular formula is C15H15BrClNO. The first-order chi connectivity index (χ1) is 9.19. The normalized spacial score (nSPS) is 10.3. The lowest BCUT2D eigenvalue weighted by Crippen LogP contribution is -2.02. The van der Waals surface area contributed by atoms with Crippen LogP contribution >= 0.6 is 27.5 Å². The van der Waals surface area contributed by atoms with E-state index in [2.05, 4.69) is 33.4 Å². The molecule has 2 rings (SSSR count). The maximum Gasteiger partial charge on any atom is 0.142 e. The van der Waals surface area contributed by atoms with Crippen molar-refractivity contribution in [1.29, 1.82) is 0 Å². The van der Waals surface area contributed by atoms with E-state index in [0.717, 1.165) is 22.5 Å². The van der Waals surface area contributed by atoms with Gasteiger partial charge in [0.2, 0.25) is 0 Å². The Morgan fingerprint density at radius 3 is 2.58 bits per heavy atom. The van der Waals surface area contributed by atoms with Crippen molar-refractivity contribution in [2.45, 2.75) is 13.5 Å². The number of nitrogens with one attached hydrogen (secondary N) is 1. The fourth-order valence-corrected chi connectivity index (χ4v) is 2.16. The molecule has 2 nitrogen and oxygen atoms in total. The Labute approximate surface area is 126 Å². The summed E-state index contributed by atoms with van der Waals surface area (Å²) in [5.41, 5.74) is 2.11. The predicted molar refractivity (Wildman–Crippen MR) is 84.1 cm³/mol. The lowest BCUT2D eigenvalue weighted by molar-refractivity contribution is 0.341. The molecule has 0 saturated carbocycles. The van der Waals surface area contributed by atoms with Gasteiger partial charge < -0.3 is 10.1 Å². The number of rotatable bonds is 5. The molecule has 1 N–H and O–H groups in total. The van der Waals surface area contributed by atoms with Crippen molar-refractivity contribution >= 4 is 33.2 Å². The first-order valence-electron chi connectivity index (χ1n) is 6.09. The predicted octanol–water partition coefficient (Wildman–Crippen LogP) is 5.11. The van der Waals surface area contributed by atoms with Gasteiger partial charge in [-0.1, -0.05) is 39.7 Å². The van der Waals surface area contributed by atoms with Crippen LogP contribution in [0.1, 0.15) is 12.5 Å². The number of ether oxygens (including phenoxy) is 1. The lowest BCUT2D eigenvalue weighted by atomic mass is 10.2. The Bertz CT molecular complexity index is 542. The van der Waals surface area contributed by atoms with Crippen LogP contribution in [0.5, 0.6) is 5.75 Å². The zero-order valence-electron chi connectivity index (χ0n) is 10.6. The molecule has 0 bridgehead atoms. The molecule has 0 radical (unpaired) electrons. The third-order valence-corrected chi connectivity index (χ3v) is 3.40. The monoisotopic (exact) mass is 339 g/mol. The summed E-state index contributed by atoms with van der Waals surface area (Å²) in [6.45, 7) is 3.33. The number of anilines is 1. The number of hydrogen-bond acceptors (Lipinski definition) is 2. The summed E-state index contributed by atoms with van der Waals surface area (Å²) in [6, 6.07) is 13.8. The van der Waals surface area contributed by atoms with E-state index in [1.165, 1.54) is 5.56 Å². The maximum atomic E-state index is 6.02. The van der Waals surface area contributed by atoms with Gasteiger partial charge in [-0.15, -0.1) is 0 Å². The highest BCUT2D eigenvalue weighted by Crippen LogP contribution is 2.28. The van der Waals surface area contributed by atoms with Gasteiger partial charge in [-0.05, 0) is 42.8 Å². The molecule has 0 unspecified atom stereocenters. The van der Waals surface area contributed by atoms with Crippen LogP contribution in [0.15, 0.2) is 46.9 Å². The molecule has 0 aliphatic carbocycles. The second-order valence-electron chi connectivity index (χ2n) is 4.05. The van der Waals surface area contributed by atoms with Crippen molar-refractivity contribution < 1.29 is 4.74 Å². The quantitative estimate of drug-likeness (QED) is 0.816. The molecule has 100 valence electrons. The van der Waals surface area contributed by atoms with Gasteiger partial charge in [-0.25, -0.2) is 0 Å². The Morgan fingerprint density at radius 2 is 1.89 bits per heavy atom. The third kappa shape index (κ3) is 4.15. The summed E-state index contributed by atoms with van der Waals surface area (Å²) in [7, 11) is 0. The van der Waals surface area contributed by atoms with Crippen LogP contribution in [0.2, 0.25) is 5.02 Å². The van der Waals surface area contributed by atoms with Crippen LogP contribution < -0.4 is 10.1 Å². The van der Waals surface area contributed by atoms with E-state index in [-0.39, 0.29) is 0 Å². The van der Waals surface area contributed by atoms with Gasteiger partial charge >= 0.3 is 0 Å². The Balaban J connectivity index is 2.09. The molecule has 19 heavy (non-hydrogen) atoms. The fourth-order valence-electron chi connectivity index (χ4n) is 1.72. The molecular weight excluding hydrogens is 326 g/mol. The molecule has 4 heteroatoms. The summed E-state index contributed by atoms with van der Waals surface area (Å²) in [6.07, 6.45) is 0. The van der Waals surface area contributed by atoms with Gasteiger partial charge in [-0.3, -0.25) is 0 Å². The molecule has 0 aliphatic rings. The fraction of sp³-hybridized carbons (Fsp3) is 0.200. The van der Waals surface area contributed by atoms with Crippen LogP contribution in [0.3, 0.4) is 0 Å². The molecule has 0 spiro atoms. The minimum atomic E-state index is 0.634. The van der Waals surface area contributed by atoms with Gasteiger partial charge in [0.05, 0.1) is 12.3 Å². The van der Waals surface area contributed by atoms with E-state index in [4.69, 9.17) is 16.3 Å². The zero-order chi connectivity index (χ0) is 13.7. The highest BCUT2D eigenvalue weighted by Gasteiger charge is 2.04. The Hall–Kier alpha value is -1.19. The van der Waals surface area contributed by atoms with E-state index >= 15 is 0 Å². The third-order valence-electron chi connectivity index (χ3n) is 2.64. The van der Waals surface area contributed by atoms with Gasteiger partial charge in [0.25, 0.3) is 0 Å². The number of benzene rings is 2. The molecule has 0 heterocycles.